The first-order valence-electron chi connectivity index (χ1n) is 7.29. The van der Waals surface area contributed by atoms with Crippen LogP contribution in [0.2, 0.25) is 0 Å². The second-order valence-corrected chi connectivity index (χ2v) is 5.45. The number of hydrazine groups is 1. The van der Waals surface area contributed by atoms with Gasteiger partial charge >= 0.3 is 0 Å². The molecule has 0 aliphatic rings. The minimum atomic E-state index is 0.0809. The molecule has 2 aromatic rings. The second kappa shape index (κ2) is 7.24. The van der Waals surface area contributed by atoms with Crippen LogP contribution in [-0.4, -0.2) is 15.7 Å². The molecule has 0 aliphatic heterocycles. The highest BCUT2D eigenvalue weighted by atomic mass is 16.5. The smallest absolute Gasteiger partial charge is 0.120 e. The molecule has 5 nitrogen and oxygen atoms in total. The van der Waals surface area contributed by atoms with Crippen molar-refractivity contribution in [2.24, 2.45) is 12.9 Å². The zero-order valence-electron chi connectivity index (χ0n) is 12.9. The molecule has 0 bridgehead atoms. The molecule has 5 heteroatoms. The van der Waals surface area contributed by atoms with E-state index in [1.54, 1.807) is 0 Å². The van der Waals surface area contributed by atoms with Gasteiger partial charge in [0.25, 0.3) is 0 Å². The predicted octanol–water partition coefficient (Wildman–Crippen LogP) is 2.34. The molecule has 1 heterocycles. The summed E-state index contributed by atoms with van der Waals surface area (Å²) in [6.07, 6.45) is 5.69. The van der Waals surface area contributed by atoms with Gasteiger partial charge in [0, 0.05) is 31.9 Å². The topological polar surface area (TPSA) is 65.1 Å². The van der Waals surface area contributed by atoms with Gasteiger partial charge in [-0.25, -0.2) is 4.98 Å². The summed E-state index contributed by atoms with van der Waals surface area (Å²) in [5.74, 6) is 7.65. The Morgan fingerprint density at radius 2 is 2.19 bits per heavy atom. The van der Waals surface area contributed by atoms with Crippen LogP contribution >= 0.6 is 0 Å². The number of nitrogens with two attached hydrogens (primary N) is 1. The molecule has 0 saturated carbocycles. The SMILES string of the molecule is CC(C)Oc1cccc(C(CCc2nccn2C)NN)c1. The summed E-state index contributed by atoms with van der Waals surface area (Å²) in [5.41, 5.74) is 4.02. The molecule has 3 N–H and O–H groups in total. The van der Waals surface area contributed by atoms with Crippen molar-refractivity contribution >= 4 is 0 Å². The number of aryl methyl sites for hydroxylation is 2. The average molecular weight is 288 g/mol. The van der Waals surface area contributed by atoms with Crippen molar-refractivity contribution in [2.75, 3.05) is 0 Å². The third-order valence-corrected chi connectivity index (χ3v) is 3.41. The van der Waals surface area contributed by atoms with Crippen molar-refractivity contribution < 1.29 is 4.74 Å². The van der Waals surface area contributed by atoms with Gasteiger partial charge in [-0.15, -0.1) is 0 Å². The predicted molar refractivity (Wildman–Crippen MR) is 83.8 cm³/mol. The highest BCUT2D eigenvalue weighted by Crippen LogP contribution is 2.23. The van der Waals surface area contributed by atoms with Crippen LogP contribution in [0.3, 0.4) is 0 Å². The molecule has 1 aromatic carbocycles. The first kappa shape index (κ1) is 15.5. The summed E-state index contributed by atoms with van der Waals surface area (Å²) in [5, 5.41) is 0. The maximum Gasteiger partial charge on any atom is 0.120 e. The van der Waals surface area contributed by atoms with E-state index in [9.17, 15) is 0 Å². The van der Waals surface area contributed by atoms with E-state index in [-0.39, 0.29) is 12.1 Å². The van der Waals surface area contributed by atoms with Gasteiger partial charge in [-0.05, 0) is 38.0 Å². The van der Waals surface area contributed by atoms with Crippen molar-refractivity contribution in [2.45, 2.75) is 38.8 Å². The summed E-state index contributed by atoms with van der Waals surface area (Å²) < 4.78 is 7.77. The average Bonchev–Trinajstić information content (AvgIpc) is 2.85. The Morgan fingerprint density at radius 1 is 1.38 bits per heavy atom. The van der Waals surface area contributed by atoms with Gasteiger partial charge in [-0.3, -0.25) is 11.3 Å². The van der Waals surface area contributed by atoms with Crippen LogP contribution in [0, 0.1) is 0 Å². The second-order valence-electron chi connectivity index (χ2n) is 5.45. The molecule has 1 aromatic heterocycles. The van der Waals surface area contributed by atoms with E-state index in [1.807, 2.05) is 56.1 Å². The van der Waals surface area contributed by atoms with E-state index in [0.29, 0.717) is 0 Å². The molecule has 0 aliphatic carbocycles. The zero-order valence-corrected chi connectivity index (χ0v) is 12.9. The number of benzene rings is 1. The molecule has 1 unspecified atom stereocenters. The minimum Gasteiger partial charge on any atom is -0.491 e. The molecule has 0 amide bonds. The van der Waals surface area contributed by atoms with Crippen LogP contribution in [0.25, 0.3) is 0 Å². The fraction of sp³-hybridized carbons (Fsp3) is 0.438. The largest absolute Gasteiger partial charge is 0.491 e. The van der Waals surface area contributed by atoms with Crippen LogP contribution in [0.4, 0.5) is 0 Å². The van der Waals surface area contributed by atoms with Crippen LogP contribution in [-0.2, 0) is 13.5 Å². The molecular weight excluding hydrogens is 264 g/mol. The number of aromatic nitrogens is 2. The van der Waals surface area contributed by atoms with E-state index in [2.05, 4.69) is 16.5 Å². The fourth-order valence-corrected chi connectivity index (χ4v) is 2.33. The Hall–Kier alpha value is -1.85. The first-order valence-corrected chi connectivity index (χ1v) is 7.29. The third-order valence-electron chi connectivity index (χ3n) is 3.41. The quantitative estimate of drug-likeness (QED) is 0.606. The van der Waals surface area contributed by atoms with Crippen LogP contribution in [0.1, 0.15) is 37.7 Å². The molecular formula is C16H24N4O. The number of imidazole rings is 1. The van der Waals surface area contributed by atoms with E-state index in [0.717, 1.165) is 30.0 Å². The van der Waals surface area contributed by atoms with Gasteiger partial charge in [0.15, 0.2) is 0 Å². The molecule has 0 fully saturated rings. The van der Waals surface area contributed by atoms with Crippen molar-refractivity contribution in [3.05, 3.63) is 48.0 Å². The summed E-state index contributed by atoms with van der Waals surface area (Å²) in [6.45, 7) is 4.04. The van der Waals surface area contributed by atoms with Gasteiger partial charge in [-0.1, -0.05) is 12.1 Å². The molecule has 0 spiro atoms. The Kier molecular flexibility index (Phi) is 5.36. The lowest BCUT2D eigenvalue weighted by atomic mass is 10.0. The highest BCUT2D eigenvalue weighted by molar-refractivity contribution is 5.30. The van der Waals surface area contributed by atoms with Crippen molar-refractivity contribution in [3.63, 3.8) is 0 Å². The van der Waals surface area contributed by atoms with Gasteiger partial charge in [0.1, 0.15) is 11.6 Å². The van der Waals surface area contributed by atoms with Crippen molar-refractivity contribution in [1.82, 2.24) is 15.0 Å². The van der Waals surface area contributed by atoms with E-state index < -0.39 is 0 Å². The summed E-state index contributed by atoms with van der Waals surface area (Å²) >= 11 is 0. The summed E-state index contributed by atoms with van der Waals surface area (Å²) in [6, 6.07) is 8.16. The van der Waals surface area contributed by atoms with E-state index in [4.69, 9.17) is 10.6 Å². The standard InChI is InChI=1S/C16H24N4O/c1-12(2)21-14-6-4-5-13(11-14)15(19-17)7-8-16-18-9-10-20(16)3/h4-6,9-12,15,19H,7-8,17H2,1-3H3. The minimum absolute atomic E-state index is 0.0809. The maximum absolute atomic E-state index is 5.73. The van der Waals surface area contributed by atoms with Gasteiger partial charge < -0.3 is 9.30 Å². The van der Waals surface area contributed by atoms with Gasteiger partial charge in [0.05, 0.1) is 6.10 Å². The van der Waals surface area contributed by atoms with Gasteiger partial charge in [0.2, 0.25) is 0 Å². The Balaban J connectivity index is 2.05. The third kappa shape index (κ3) is 4.31. The first-order chi connectivity index (χ1) is 10.1. The monoisotopic (exact) mass is 288 g/mol. The molecule has 0 saturated heterocycles. The van der Waals surface area contributed by atoms with Crippen LogP contribution in [0.5, 0.6) is 5.75 Å². The molecule has 21 heavy (non-hydrogen) atoms. The Labute approximate surface area is 126 Å². The lowest BCUT2D eigenvalue weighted by molar-refractivity contribution is 0.242. The number of nitrogens with one attached hydrogen (secondary N) is 1. The van der Waals surface area contributed by atoms with Crippen molar-refractivity contribution in [3.8, 4) is 5.75 Å². The molecule has 2 rings (SSSR count). The Morgan fingerprint density at radius 3 is 2.81 bits per heavy atom. The lowest BCUT2D eigenvalue weighted by Gasteiger charge is -2.18. The van der Waals surface area contributed by atoms with Crippen LogP contribution in [0.15, 0.2) is 36.7 Å². The number of nitrogens with zero attached hydrogens (tertiary/aromatic N) is 2. The molecule has 0 radical (unpaired) electrons. The number of rotatable bonds is 7. The molecule has 114 valence electrons. The fourth-order valence-electron chi connectivity index (χ4n) is 2.33. The van der Waals surface area contributed by atoms with Crippen molar-refractivity contribution in [1.29, 1.82) is 0 Å². The summed E-state index contributed by atoms with van der Waals surface area (Å²) in [4.78, 5) is 4.34. The highest BCUT2D eigenvalue weighted by Gasteiger charge is 2.12. The molecule has 1 atom stereocenters. The normalized spacial score (nSPS) is 12.6. The van der Waals surface area contributed by atoms with E-state index in [1.165, 1.54) is 0 Å². The van der Waals surface area contributed by atoms with Gasteiger partial charge in [-0.2, -0.15) is 0 Å². The zero-order chi connectivity index (χ0) is 15.2. The van der Waals surface area contributed by atoms with Crippen LogP contribution < -0.4 is 16.0 Å². The number of hydrogen-bond acceptors (Lipinski definition) is 4. The summed E-state index contributed by atoms with van der Waals surface area (Å²) in [7, 11) is 2.00. The lowest BCUT2D eigenvalue weighted by Crippen LogP contribution is -2.28. The van der Waals surface area contributed by atoms with E-state index >= 15 is 0 Å². The number of hydrogen-bond donors (Lipinski definition) is 2. The maximum atomic E-state index is 5.73. The number of ether oxygens (including phenoxy) is 1. The Bertz CT molecular complexity index is 565.